The molecule has 1 N–H and O–H groups in total. The van der Waals surface area contributed by atoms with E-state index in [0.717, 1.165) is 29.6 Å². The van der Waals surface area contributed by atoms with Gasteiger partial charge in [0.25, 0.3) is 0 Å². The van der Waals surface area contributed by atoms with Crippen molar-refractivity contribution < 1.29 is 0 Å². The smallest absolute Gasteiger partial charge is 0.0907 e. The van der Waals surface area contributed by atoms with E-state index in [1.54, 1.807) is 12.4 Å². The predicted octanol–water partition coefficient (Wildman–Crippen LogP) is 3.40. The second-order valence-electron chi connectivity index (χ2n) is 4.17. The van der Waals surface area contributed by atoms with Crippen molar-refractivity contribution >= 4 is 16.7 Å². The van der Waals surface area contributed by atoms with Gasteiger partial charge < -0.3 is 5.32 Å². The van der Waals surface area contributed by atoms with Gasteiger partial charge in [0.05, 0.1) is 11.0 Å². The summed E-state index contributed by atoms with van der Waals surface area (Å²) >= 11 is 0. The molecule has 0 aliphatic carbocycles. The fraction of sp³-hybridized carbons (Fsp3) is 0.286. The van der Waals surface area contributed by atoms with Gasteiger partial charge in [0.2, 0.25) is 0 Å². The lowest BCUT2D eigenvalue weighted by Gasteiger charge is -2.14. The molecule has 2 aromatic rings. The third-order valence-corrected chi connectivity index (χ3v) is 2.69. The summed E-state index contributed by atoms with van der Waals surface area (Å²) in [5.74, 6) is 0. The Morgan fingerprint density at radius 2 is 2.06 bits per heavy atom. The molecule has 3 heteroatoms. The third-order valence-electron chi connectivity index (χ3n) is 2.69. The zero-order chi connectivity index (χ0) is 12.1. The largest absolute Gasteiger partial charge is 0.383 e. The first kappa shape index (κ1) is 11.6. The van der Waals surface area contributed by atoms with Crippen LogP contribution in [0.15, 0.2) is 43.2 Å². The van der Waals surface area contributed by atoms with Crippen molar-refractivity contribution in [3.05, 3.63) is 43.2 Å². The Balaban J connectivity index is 2.11. The van der Waals surface area contributed by atoms with Crippen LogP contribution in [0.4, 0.5) is 5.69 Å². The third kappa shape index (κ3) is 3.03. The minimum atomic E-state index is 0.433. The van der Waals surface area contributed by atoms with E-state index >= 15 is 0 Å². The Morgan fingerprint density at radius 1 is 1.29 bits per heavy atom. The summed E-state index contributed by atoms with van der Waals surface area (Å²) in [7, 11) is 0. The van der Waals surface area contributed by atoms with Gasteiger partial charge in [0, 0.05) is 24.1 Å². The van der Waals surface area contributed by atoms with E-state index in [4.69, 9.17) is 0 Å². The number of allylic oxidation sites excluding steroid dienone is 1. The lowest BCUT2D eigenvalue weighted by atomic mass is 10.1. The molecule has 1 aromatic carbocycles. The minimum Gasteiger partial charge on any atom is -0.383 e. The van der Waals surface area contributed by atoms with E-state index in [9.17, 15) is 0 Å². The number of aromatic nitrogens is 2. The van der Waals surface area contributed by atoms with E-state index in [-0.39, 0.29) is 0 Å². The lowest BCUT2D eigenvalue weighted by Crippen LogP contribution is -2.14. The van der Waals surface area contributed by atoms with Crippen LogP contribution in [0.1, 0.15) is 19.8 Å². The molecule has 0 radical (unpaired) electrons. The van der Waals surface area contributed by atoms with Crippen molar-refractivity contribution in [2.75, 3.05) is 5.32 Å². The summed E-state index contributed by atoms with van der Waals surface area (Å²) in [6.07, 6.45) is 7.49. The summed E-state index contributed by atoms with van der Waals surface area (Å²) < 4.78 is 0. The molecule has 2 rings (SSSR count). The predicted molar refractivity (Wildman–Crippen MR) is 72.1 cm³/mol. The first-order chi connectivity index (χ1) is 8.29. The van der Waals surface area contributed by atoms with Crippen molar-refractivity contribution in [3.63, 3.8) is 0 Å². The molecule has 1 unspecified atom stereocenters. The zero-order valence-electron chi connectivity index (χ0n) is 10.1. The van der Waals surface area contributed by atoms with Crippen LogP contribution in [-0.4, -0.2) is 16.0 Å². The molecule has 0 saturated carbocycles. The van der Waals surface area contributed by atoms with Crippen molar-refractivity contribution in [3.8, 4) is 0 Å². The lowest BCUT2D eigenvalue weighted by molar-refractivity contribution is 0.719. The van der Waals surface area contributed by atoms with Crippen LogP contribution >= 0.6 is 0 Å². The van der Waals surface area contributed by atoms with Crippen LogP contribution in [0.5, 0.6) is 0 Å². The van der Waals surface area contributed by atoms with Crippen LogP contribution in [0.25, 0.3) is 11.0 Å². The van der Waals surface area contributed by atoms with E-state index in [0.29, 0.717) is 6.04 Å². The maximum Gasteiger partial charge on any atom is 0.0907 e. The van der Waals surface area contributed by atoms with Crippen LogP contribution in [0.3, 0.4) is 0 Å². The number of fused-ring (bicyclic) bond motifs is 1. The van der Waals surface area contributed by atoms with Gasteiger partial charge in [0.1, 0.15) is 0 Å². The summed E-state index contributed by atoms with van der Waals surface area (Å²) in [5.41, 5.74) is 2.94. The topological polar surface area (TPSA) is 37.8 Å². The van der Waals surface area contributed by atoms with Crippen molar-refractivity contribution in [2.45, 2.75) is 25.8 Å². The Bertz CT molecular complexity index is 508. The van der Waals surface area contributed by atoms with Gasteiger partial charge in [0.15, 0.2) is 0 Å². The quantitative estimate of drug-likeness (QED) is 0.795. The first-order valence-corrected chi connectivity index (χ1v) is 5.88. The number of hydrogen-bond acceptors (Lipinski definition) is 3. The molecular weight excluding hydrogens is 210 g/mol. The Kier molecular flexibility index (Phi) is 3.70. The molecule has 0 fully saturated rings. The van der Waals surface area contributed by atoms with Crippen LogP contribution in [-0.2, 0) is 0 Å². The maximum atomic E-state index is 4.29. The molecule has 17 heavy (non-hydrogen) atoms. The Labute approximate surface area is 102 Å². The Hall–Kier alpha value is -1.90. The van der Waals surface area contributed by atoms with E-state index in [1.165, 1.54) is 0 Å². The highest BCUT2D eigenvalue weighted by Gasteiger charge is 2.02. The minimum absolute atomic E-state index is 0.433. The molecule has 0 aliphatic heterocycles. The SMILES string of the molecule is C=CCCC(C)Nc1ccc2nccnc2c1. The summed E-state index contributed by atoms with van der Waals surface area (Å²) in [5, 5.41) is 3.45. The standard InChI is InChI=1S/C14H17N3/c1-3-4-5-11(2)17-12-6-7-13-14(10-12)16-9-8-15-13/h3,6-11,17H,1,4-5H2,2H3. The summed E-state index contributed by atoms with van der Waals surface area (Å²) in [6, 6.07) is 6.50. The summed E-state index contributed by atoms with van der Waals surface area (Å²) in [6.45, 7) is 5.91. The fourth-order valence-electron chi connectivity index (χ4n) is 1.78. The molecule has 0 bridgehead atoms. The number of anilines is 1. The van der Waals surface area contributed by atoms with Crippen molar-refractivity contribution in [1.29, 1.82) is 0 Å². The number of nitrogens with zero attached hydrogens (tertiary/aromatic N) is 2. The highest BCUT2D eigenvalue weighted by molar-refractivity contribution is 5.78. The van der Waals surface area contributed by atoms with Crippen LogP contribution < -0.4 is 5.32 Å². The molecule has 1 aromatic heterocycles. The van der Waals surface area contributed by atoms with Crippen molar-refractivity contribution in [2.24, 2.45) is 0 Å². The number of benzene rings is 1. The van der Waals surface area contributed by atoms with Gasteiger partial charge in [-0.25, -0.2) is 0 Å². The molecule has 0 spiro atoms. The fourth-order valence-corrected chi connectivity index (χ4v) is 1.78. The highest BCUT2D eigenvalue weighted by Crippen LogP contribution is 2.16. The molecular formula is C14H17N3. The Morgan fingerprint density at radius 3 is 2.82 bits per heavy atom. The van der Waals surface area contributed by atoms with E-state index in [1.807, 2.05) is 24.3 Å². The molecule has 0 saturated heterocycles. The van der Waals surface area contributed by atoms with Crippen molar-refractivity contribution in [1.82, 2.24) is 9.97 Å². The van der Waals surface area contributed by atoms with Gasteiger partial charge >= 0.3 is 0 Å². The average molecular weight is 227 g/mol. The second-order valence-corrected chi connectivity index (χ2v) is 4.17. The maximum absolute atomic E-state index is 4.29. The number of rotatable bonds is 5. The van der Waals surface area contributed by atoms with Gasteiger partial charge in [-0.2, -0.15) is 0 Å². The highest BCUT2D eigenvalue weighted by atomic mass is 14.9. The van der Waals surface area contributed by atoms with E-state index < -0.39 is 0 Å². The molecule has 0 aliphatic rings. The van der Waals surface area contributed by atoms with Gasteiger partial charge in [-0.1, -0.05) is 6.08 Å². The van der Waals surface area contributed by atoms with Crippen LogP contribution in [0.2, 0.25) is 0 Å². The molecule has 88 valence electrons. The molecule has 3 nitrogen and oxygen atoms in total. The normalized spacial score (nSPS) is 12.3. The monoisotopic (exact) mass is 227 g/mol. The molecule has 1 heterocycles. The number of hydrogen-bond donors (Lipinski definition) is 1. The molecule has 0 amide bonds. The average Bonchev–Trinajstić information content (AvgIpc) is 2.36. The molecule has 1 atom stereocenters. The summed E-state index contributed by atoms with van der Waals surface area (Å²) in [4.78, 5) is 8.54. The van der Waals surface area contributed by atoms with E-state index in [2.05, 4.69) is 28.8 Å². The number of nitrogens with one attached hydrogen (secondary N) is 1. The van der Waals surface area contributed by atoms with Gasteiger partial charge in [-0.15, -0.1) is 6.58 Å². The zero-order valence-corrected chi connectivity index (χ0v) is 10.1. The van der Waals surface area contributed by atoms with Gasteiger partial charge in [-0.3, -0.25) is 9.97 Å². The first-order valence-electron chi connectivity index (χ1n) is 5.88. The van der Waals surface area contributed by atoms with Gasteiger partial charge in [-0.05, 0) is 38.0 Å². The second kappa shape index (κ2) is 5.43. The van der Waals surface area contributed by atoms with Crippen LogP contribution in [0, 0.1) is 0 Å².